The Labute approximate surface area is 193 Å². The zero-order chi connectivity index (χ0) is 21.8. The van der Waals surface area contributed by atoms with Crippen LogP contribution in [0.1, 0.15) is 44.1 Å². The number of azo groups is 1. The molecule has 0 spiro atoms. The predicted octanol–water partition coefficient (Wildman–Crippen LogP) is 7.60. The lowest BCUT2D eigenvalue weighted by atomic mass is 9.69. The molecule has 0 saturated heterocycles. The quantitative estimate of drug-likeness (QED) is 0.284. The summed E-state index contributed by atoms with van der Waals surface area (Å²) < 4.78 is 0.913. The summed E-state index contributed by atoms with van der Waals surface area (Å²) in [5.74, 6) is 1.20. The molecule has 0 bridgehead atoms. The normalized spacial score (nSPS) is 17.1. The van der Waals surface area contributed by atoms with Crippen molar-refractivity contribution in [1.82, 2.24) is 15.0 Å². The SMILES string of the molecule is CCC(C)(C)[C@H]1CCc2sc3ncnc(N=Nc4c(O)[nH]c5ccc(Br)cc45)c3c2C1. The van der Waals surface area contributed by atoms with Crippen LogP contribution in [0.15, 0.2) is 39.2 Å². The van der Waals surface area contributed by atoms with E-state index in [1.54, 1.807) is 17.7 Å². The monoisotopic (exact) mass is 497 g/mol. The molecule has 1 aliphatic rings. The molecule has 0 fully saturated rings. The molecule has 0 saturated carbocycles. The van der Waals surface area contributed by atoms with Crippen LogP contribution in [-0.2, 0) is 12.8 Å². The van der Waals surface area contributed by atoms with E-state index in [2.05, 4.69) is 61.9 Å². The molecule has 0 amide bonds. The van der Waals surface area contributed by atoms with Crippen molar-refractivity contribution >= 4 is 59.9 Å². The van der Waals surface area contributed by atoms with Crippen LogP contribution in [0, 0.1) is 11.3 Å². The highest BCUT2D eigenvalue weighted by atomic mass is 79.9. The predicted molar refractivity (Wildman–Crippen MR) is 129 cm³/mol. The number of hydrogen-bond donors (Lipinski definition) is 2. The van der Waals surface area contributed by atoms with Crippen LogP contribution >= 0.6 is 27.3 Å². The van der Waals surface area contributed by atoms with Gasteiger partial charge < -0.3 is 10.1 Å². The molecule has 4 aromatic rings. The van der Waals surface area contributed by atoms with E-state index in [9.17, 15) is 5.11 Å². The van der Waals surface area contributed by atoms with Gasteiger partial charge >= 0.3 is 0 Å². The van der Waals surface area contributed by atoms with Crippen molar-refractivity contribution in [3.05, 3.63) is 39.4 Å². The topological polar surface area (TPSA) is 86.5 Å². The van der Waals surface area contributed by atoms with Gasteiger partial charge in [-0.2, -0.15) is 0 Å². The Kier molecular flexibility index (Phi) is 5.09. The number of thiophene rings is 1. The third kappa shape index (κ3) is 3.55. The number of aryl methyl sites for hydroxylation is 1. The fraction of sp³-hybridized carbons (Fsp3) is 0.391. The van der Waals surface area contributed by atoms with Gasteiger partial charge in [0.2, 0.25) is 5.88 Å². The van der Waals surface area contributed by atoms with Gasteiger partial charge in [0.05, 0.1) is 10.9 Å². The number of rotatable bonds is 4. The van der Waals surface area contributed by atoms with Gasteiger partial charge in [-0.3, -0.25) is 0 Å². The molecular formula is C23H24BrN5OS. The number of aromatic amines is 1. The number of halogens is 1. The van der Waals surface area contributed by atoms with Crippen LogP contribution in [0.3, 0.4) is 0 Å². The number of hydrogen-bond acceptors (Lipinski definition) is 6. The van der Waals surface area contributed by atoms with E-state index >= 15 is 0 Å². The van der Waals surface area contributed by atoms with Crippen molar-refractivity contribution in [2.24, 2.45) is 21.6 Å². The summed E-state index contributed by atoms with van der Waals surface area (Å²) in [6.45, 7) is 7.01. The Morgan fingerprint density at radius 2 is 2.13 bits per heavy atom. The average Bonchev–Trinajstić information content (AvgIpc) is 3.28. The Bertz CT molecular complexity index is 1320. The minimum atomic E-state index is -0.000688. The number of aromatic nitrogens is 3. The number of aromatic hydroxyl groups is 1. The number of benzene rings is 1. The van der Waals surface area contributed by atoms with Crippen LogP contribution in [0.4, 0.5) is 11.5 Å². The lowest BCUT2D eigenvalue weighted by Crippen LogP contribution is -2.28. The molecule has 5 rings (SSSR count). The van der Waals surface area contributed by atoms with E-state index in [0.717, 1.165) is 44.9 Å². The van der Waals surface area contributed by atoms with Crippen molar-refractivity contribution in [2.45, 2.75) is 46.5 Å². The second-order valence-corrected chi connectivity index (χ2v) is 10.9. The van der Waals surface area contributed by atoms with Crippen LogP contribution in [0.25, 0.3) is 21.1 Å². The first-order chi connectivity index (χ1) is 14.9. The second kappa shape index (κ2) is 7.67. The fourth-order valence-electron chi connectivity index (χ4n) is 4.46. The van der Waals surface area contributed by atoms with E-state index in [-0.39, 0.29) is 5.88 Å². The maximum atomic E-state index is 10.4. The van der Waals surface area contributed by atoms with Gasteiger partial charge in [0.25, 0.3) is 0 Å². The van der Waals surface area contributed by atoms with Crippen LogP contribution < -0.4 is 0 Å². The molecule has 3 heterocycles. The minimum absolute atomic E-state index is 0.000688. The Morgan fingerprint density at radius 3 is 2.94 bits per heavy atom. The molecular weight excluding hydrogens is 474 g/mol. The van der Waals surface area contributed by atoms with E-state index in [1.807, 2.05) is 18.2 Å². The highest BCUT2D eigenvalue weighted by Crippen LogP contribution is 2.46. The van der Waals surface area contributed by atoms with Crippen LogP contribution in [0.2, 0.25) is 0 Å². The van der Waals surface area contributed by atoms with Crippen molar-refractivity contribution in [2.75, 3.05) is 0 Å². The van der Waals surface area contributed by atoms with E-state index in [4.69, 9.17) is 0 Å². The summed E-state index contributed by atoms with van der Waals surface area (Å²) in [6, 6.07) is 5.73. The lowest BCUT2D eigenvalue weighted by molar-refractivity contribution is 0.184. The standard InChI is InChI=1S/C23H24BrN5OS/c1-4-23(2,3)12-5-8-17-15(9-12)18-20(25-11-26-22(18)31-17)29-28-19-14-10-13(24)6-7-16(14)27-21(19)30/h6-7,10-12,27,30H,4-5,8-9H2,1-3H3/t12-/m0/s1. The molecule has 6 nitrogen and oxygen atoms in total. The summed E-state index contributed by atoms with van der Waals surface area (Å²) in [6.07, 6.45) is 6.03. The highest BCUT2D eigenvalue weighted by Gasteiger charge is 2.33. The second-order valence-electron chi connectivity index (χ2n) is 8.88. The largest absolute Gasteiger partial charge is 0.493 e. The molecule has 3 aromatic heterocycles. The van der Waals surface area contributed by atoms with Gasteiger partial charge in [0.1, 0.15) is 11.2 Å². The van der Waals surface area contributed by atoms with Gasteiger partial charge in [0.15, 0.2) is 11.5 Å². The number of fused-ring (bicyclic) bond motifs is 4. The van der Waals surface area contributed by atoms with Gasteiger partial charge in [-0.1, -0.05) is 43.1 Å². The molecule has 1 aromatic carbocycles. The van der Waals surface area contributed by atoms with Gasteiger partial charge in [-0.15, -0.1) is 21.6 Å². The van der Waals surface area contributed by atoms with Crippen molar-refractivity contribution < 1.29 is 5.11 Å². The molecule has 1 atom stereocenters. The Balaban J connectivity index is 1.59. The zero-order valence-electron chi connectivity index (χ0n) is 17.7. The van der Waals surface area contributed by atoms with E-state index < -0.39 is 0 Å². The summed E-state index contributed by atoms with van der Waals surface area (Å²) >= 11 is 5.23. The Morgan fingerprint density at radius 1 is 1.29 bits per heavy atom. The number of H-pyrrole nitrogens is 1. The smallest absolute Gasteiger partial charge is 0.218 e. The summed E-state index contributed by atoms with van der Waals surface area (Å²) in [5.41, 5.74) is 2.85. The van der Waals surface area contributed by atoms with Gasteiger partial charge in [-0.05, 0) is 54.4 Å². The van der Waals surface area contributed by atoms with Crippen molar-refractivity contribution in [3.8, 4) is 5.88 Å². The zero-order valence-corrected chi connectivity index (χ0v) is 20.1. The first kappa shape index (κ1) is 20.6. The average molecular weight is 498 g/mol. The molecule has 1 aliphatic carbocycles. The van der Waals surface area contributed by atoms with E-state index in [1.165, 1.54) is 16.9 Å². The maximum Gasteiger partial charge on any atom is 0.218 e. The summed E-state index contributed by atoms with van der Waals surface area (Å²) in [7, 11) is 0. The lowest BCUT2D eigenvalue weighted by Gasteiger charge is -2.36. The molecule has 160 valence electrons. The van der Waals surface area contributed by atoms with E-state index in [0.29, 0.717) is 22.8 Å². The summed E-state index contributed by atoms with van der Waals surface area (Å²) in [4.78, 5) is 14.3. The number of nitrogens with one attached hydrogen (secondary N) is 1. The third-order valence-electron chi connectivity index (χ3n) is 6.80. The van der Waals surface area contributed by atoms with Crippen LogP contribution in [0.5, 0.6) is 5.88 Å². The first-order valence-electron chi connectivity index (χ1n) is 10.5. The van der Waals surface area contributed by atoms with Crippen molar-refractivity contribution in [3.63, 3.8) is 0 Å². The molecule has 0 aliphatic heterocycles. The molecule has 8 heteroatoms. The highest BCUT2D eigenvalue weighted by molar-refractivity contribution is 9.10. The Hall–Kier alpha value is -2.32. The first-order valence-corrected chi connectivity index (χ1v) is 12.2. The minimum Gasteiger partial charge on any atom is -0.493 e. The summed E-state index contributed by atoms with van der Waals surface area (Å²) in [5, 5.41) is 21.1. The molecule has 0 unspecified atom stereocenters. The van der Waals surface area contributed by atoms with Gasteiger partial charge in [0, 0.05) is 14.7 Å². The number of nitrogens with zero attached hydrogens (tertiary/aromatic N) is 4. The van der Waals surface area contributed by atoms with Gasteiger partial charge in [-0.25, -0.2) is 9.97 Å². The molecule has 31 heavy (non-hydrogen) atoms. The fourth-order valence-corrected chi connectivity index (χ4v) is 6.00. The van der Waals surface area contributed by atoms with Crippen LogP contribution in [-0.4, -0.2) is 20.1 Å². The third-order valence-corrected chi connectivity index (χ3v) is 8.49. The molecule has 2 N–H and O–H groups in total. The van der Waals surface area contributed by atoms with Crippen molar-refractivity contribution in [1.29, 1.82) is 0 Å². The molecule has 0 radical (unpaired) electrons. The maximum absolute atomic E-state index is 10.4.